The van der Waals surface area contributed by atoms with Crippen molar-refractivity contribution in [1.29, 1.82) is 0 Å². The lowest BCUT2D eigenvalue weighted by Gasteiger charge is -2.25. The molecule has 0 saturated carbocycles. The summed E-state index contributed by atoms with van der Waals surface area (Å²) < 4.78 is 27.1. The maximum atomic E-state index is 12.3. The van der Waals surface area contributed by atoms with Gasteiger partial charge >= 0.3 is 0 Å². The van der Waals surface area contributed by atoms with E-state index < -0.39 is 21.5 Å². The molecule has 5 N–H and O–H groups in total. The highest BCUT2D eigenvalue weighted by atomic mass is 32.2. The van der Waals surface area contributed by atoms with Crippen LogP contribution in [0.15, 0.2) is 29.2 Å². The highest BCUT2D eigenvalue weighted by Gasteiger charge is 2.28. The molecule has 1 aromatic carbocycles. The van der Waals surface area contributed by atoms with Crippen molar-refractivity contribution < 1.29 is 13.2 Å². The largest absolute Gasteiger partial charge is 0.370 e. The minimum Gasteiger partial charge on any atom is -0.370 e. The van der Waals surface area contributed by atoms with Crippen LogP contribution >= 0.6 is 0 Å². The molecule has 0 atom stereocenters. The second kappa shape index (κ2) is 5.68. The number of hydrogen-bond donors (Lipinski definition) is 3. The fraction of sp³-hybridized carbons (Fsp3) is 0.417. The summed E-state index contributed by atoms with van der Waals surface area (Å²) in [5.41, 5.74) is 10.2. The molecule has 0 aliphatic carbocycles. The fourth-order valence-corrected chi connectivity index (χ4v) is 3.49. The number of nitrogens with one attached hydrogen (secondary N) is 1. The van der Waals surface area contributed by atoms with Gasteiger partial charge in [0, 0.05) is 18.5 Å². The second-order valence-corrected chi connectivity index (χ2v) is 6.60. The van der Waals surface area contributed by atoms with Crippen molar-refractivity contribution in [2.24, 2.45) is 11.5 Å². The SMILES string of the molecule is CC(C)(CC(N)=O)NS(=O)(=O)c1ccccc1CN. The van der Waals surface area contributed by atoms with Gasteiger partial charge in [-0.1, -0.05) is 18.2 Å². The lowest BCUT2D eigenvalue weighted by atomic mass is 10.0. The van der Waals surface area contributed by atoms with Crippen molar-refractivity contribution >= 4 is 15.9 Å². The van der Waals surface area contributed by atoms with Gasteiger partial charge in [-0.15, -0.1) is 0 Å². The molecule has 0 unspecified atom stereocenters. The Kier molecular flexibility index (Phi) is 4.67. The van der Waals surface area contributed by atoms with Crippen LogP contribution in [0.3, 0.4) is 0 Å². The van der Waals surface area contributed by atoms with E-state index in [1.54, 1.807) is 32.0 Å². The summed E-state index contributed by atoms with van der Waals surface area (Å²) in [5.74, 6) is -0.570. The average Bonchev–Trinajstić information content (AvgIpc) is 2.25. The predicted octanol–water partition coefficient (Wildman–Crippen LogP) is 0.0776. The third-order valence-corrected chi connectivity index (χ3v) is 4.31. The van der Waals surface area contributed by atoms with E-state index >= 15 is 0 Å². The van der Waals surface area contributed by atoms with Crippen molar-refractivity contribution in [1.82, 2.24) is 4.72 Å². The van der Waals surface area contributed by atoms with Crippen molar-refractivity contribution in [2.75, 3.05) is 0 Å². The summed E-state index contributed by atoms with van der Waals surface area (Å²) in [5, 5.41) is 0. The second-order valence-electron chi connectivity index (χ2n) is 4.94. The Labute approximate surface area is 113 Å². The number of amides is 1. The van der Waals surface area contributed by atoms with Crippen molar-refractivity contribution in [2.45, 2.75) is 37.2 Å². The van der Waals surface area contributed by atoms with Crippen LogP contribution < -0.4 is 16.2 Å². The maximum absolute atomic E-state index is 12.3. The predicted molar refractivity (Wildman–Crippen MR) is 72.5 cm³/mol. The Balaban J connectivity index is 3.08. The highest BCUT2D eigenvalue weighted by molar-refractivity contribution is 7.89. The molecule has 1 aromatic rings. The standard InChI is InChI=1S/C12H19N3O3S/c1-12(2,7-11(14)16)15-19(17,18)10-6-4-3-5-9(10)8-13/h3-6,15H,7-8,13H2,1-2H3,(H2,14,16). The van der Waals surface area contributed by atoms with Crippen LogP contribution in [0.1, 0.15) is 25.8 Å². The minimum absolute atomic E-state index is 0.0863. The van der Waals surface area contributed by atoms with E-state index in [4.69, 9.17) is 11.5 Å². The number of nitrogens with two attached hydrogens (primary N) is 2. The molecule has 0 heterocycles. The first-order chi connectivity index (χ1) is 8.68. The van der Waals surface area contributed by atoms with E-state index in [0.29, 0.717) is 5.56 Å². The summed E-state index contributed by atoms with van der Waals surface area (Å²) >= 11 is 0. The smallest absolute Gasteiger partial charge is 0.241 e. The number of hydrogen-bond acceptors (Lipinski definition) is 4. The van der Waals surface area contributed by atoms with Gasteiger partial charge in [-0.25, -0.2) is 13.1 Å². The first kappa shape index (κ1) is 15.6. The van der Waals surface area contributed by atoms with Gasteiger partial charge in [0.25, 0.3) is 0 Å². The quantitative estimate of drug-likeness (QED) is 0.686. The van der Waals surface area contributed by atoms with Gasteiger partial charge in [-0.3, -0.25) is 4.79 Å². The van der Waals surface area contributed by atoms with Gasteiger partial charge in [-0.05, 0) is 25.5 Å². The van der Waals surface area contributed by atoms with E-state index in [0.717, 1.165) is 0 Å². The van der Waals surface area contributed by atoms with E-state index in [1.165, 1.54) is 6.07 Å². The van der Waals surface area contributed by atoms with Crippen LogP contribution in [0, 0.1) is 0 Å². The Morgan fingerprint density at radius 1 is 1.32 bits per heavy atom. The highest BCUT2D eigenvalue weighted by Crippen LogP contribution is 2.18. The number of benzene rings is 1. The lowest BCUT2D eigenvalue weighted by molar-refractivity contribution is -0.119. The Morgan fingerprint density at radius 2 is 1.89 bits per heavy atom. The molecule has 0 spiro atoms. The number of carbonyl (C=O) groups excluding carboxylic acids is 1. The van der Waals surface area contributed by atoms with E-state index in [2.05, 4.69) is 4.72 Å². The summed E-state index contributed by atoms with van der Waals surface area (Å²) in [7, 11) is -3.74. The Morgan fingerprint density at radius 3 is 2.42 bits per heavy atom. The van der Waals surface area contributed by atoms with Gasteiger partial charge in [-0.2, -0.15) is 0 Å². The van der Waals surface area contributed by atoms with Crippen LogP contribution in [-0.4, -0.2) is 19.9 Å². The molecule has 1 rings (SSSR count). The fourth-order valence-electron chi connectivity index (χ4n) is 1.83. The molecule has 7 heteroatoms. The number of carbonyl (C=O) groups is 1. The monoisotopic (exact) mass is 285 g/mol. The molecule has 0 aliphatic heterocycles. The van der Waals surface area contributed by atoms with Crippen molar-refractivity contribution in [3.05, 3.63) is 29.8 Å². The first-order valence-electron chi connectivity index (χ1n) is 5.78. The normalized spacial score (nSPS) is 12.4. The summed E-state index contributed by atoms with van der Waals surface area (Å²) in [6.07, 6.45) is -0.0863. The molecular weight excluding hydrogens is 266 g/mol. The van der Waals surface area contributed by atoms with E-state index in [1.807, 2.05) is 0 Å². The van der Waals surface area contributed by atoms with Crippen molar-refractivity contribution in [3.63, 3.8) is 0 Å². The third kappa shape index (κ3) is 4.30. The Bertz CT molecular complexity index is 567. The number of sulfonamides is 1. The molecular formula is C12H19N3O3S. The topological polar surface area (TPSA) is 115 Å². The van der Waals surface area contributed by atoms with Gasteiger partial charge in [0.05, 0.1) is 4.90 Å². The molecule has 6 nitrogen and oxygen atoms in total. The van der Waals surface area contributed by atoms with E-state index in [-0.39, 0.29) is 17.9 Å². The summed E-state index contributed by atoms with van der Waals surface area (Å²) in [6.45, 7) is 3.31. The molecule has 106 valence electrons. The van der Waals surface area contributed by atoms with Crippen molar-refractivity contribution in [3.8, 4) is 0 Å². The molecule has 1 amide bonds. The minimum atomic E-state index is -3.74. The van der Waals surface area contributed by atoms with Crippen LogP contribution in [0.5, 0.6) is 0 Å². The molecule has 19 heavy (non-hydrogen) atoms. The Hall–Kier alpha value is -1.44. The van der Waals surface area contributed by atoms with E-state index in [9.17, 15) is 13.2 Å². The first-order valence-corrected chi connectivity index (χ1v) is 7.26. The van der Waals surface area contributed by atoms with Crippen LogP contribution in [0.4, 0.5) is 0 Å². The van der Waals surface area contributed by atoms with Gasteiger partial charge in [0.1, 0.15) is 0 Å². The molecule has 0 saturated heterocycles. The lowest BCUT2D eigenvalue weighted by Crippen LogP contribution is -2.46. The zero-order valence-corrected chi connectivity index (χ0v) is 11.8. The van der Waals surface area contributed by atoms with Crippen LogP contribution in [0.2, 0.25) is 0 Å². The maximum Gasteiger partial charge on any atom is 0.241 e. The third-order valence-electron chi connectivity index (χ3n) is 2.51. The van der Waals surface area contributed by atoms with Gasteiger partial charge in [0.15, 0.2) is 0 Å². The number of rotatable bonds is 6. The van der Waals surface area contributed by atoms with Crippen LogP contribution in [-0.2, 0) is 21.4 Å². The van der Waals surface area contributed by atoms with Gasteiger partial charge < -0.3 is 11.5 Å². The molecule has 0 bridgehead atoms. The average molecular weight is 285 g/mol. The zero-order valence-electron chi connectivity index (χ0n) is 11.0. The molecule has 0 radical (unpaired) electrons. The number of primary amides is 1. The zero-order chi connectivity index (χ0) is 14.7. The molecule has 0 aliphatic rings. The van der Waals surface area contributed by atoms with Crippen LogP contribution in [0.25, 0.3) is 0 Å². The summed E-state index contributed by atoms with van der Waals surface area (Å²) in [4.78, 5) is 11.0. The molecule has 0 aromatic heterocycles. The molecule has 0 fully saturated rings. The summed E-state index contributed by atoms with van der Waals surface area (Å²) in [6, 6.07) is 6.46. The van der Waals surface area contributed by atoms with Gasteiger partial charge in [0.2, 0.25) is 15.9 Å².